The van der Waals surface area contributed by atoms with Crippen LogP contribution in [0.4, 0.5) is 0 Å². The predicted molar refractivity (Wildman–Crippen MR) is 80.6 cm³/mol. The zero-order valence-corrected chi connectivity index (χ0v) is 11.9. The Labute approximate surface area is 118 Å². The maximum Gasteiger partial charge on any atom is 0.206 e. The van der Waals surface area contributed by atoms with Gasteiger partial charge in [-0.05, 0) is 41.5 Å². The van der Waals surface area contributed by atoms with Crippen LogP contribution in [0.15, 0.2) is 76.5 Å². The Morgan fingerprint density at radius 1 is 0.750 bits per heavy atom. The van der Waals surface area contributed by atoms with Crippen molar-refractivity contribution in [3.8, 4) is 0 Å². The molecule has 0 aliphatic carbocycles. The molecular formula is C17H14O2S. The molecule has 3 aromatic carbocycles. The lowest BCUT2D eigenvalue weighted by atomic mass is 10.1. The van der Waals surface area contributed by atoms with E-state index in [1.807, 2.05) is 43.3 Å². The molecule has 0 bridgehead atoms. The number of hydrogen-bond donors (Lipinski definition) is 0. The van der Waals surface area contributed by atoms with Crippen LogP contribution in [-0.4, -0.2) is 8.42 Å². The molecule has 3 rings (SSSR count). The van der Waals surface area contributed by atoms with Crippen LogP contribution in [0.25, 0.3) is 10.8 Å². The van der Waals surface area contributed by atoms with Gasteiger partial charge in [0.05, 0.1) is 9.79 Å². The predicted octanol–water partition coefficient (Wildman–Crippen LogP) is 3.98. The molecule has 0 aromatic heterocycles. The SMILES string of the molecule is Cc1c(S(=O)(=O)c2ccccc2)ccc2ccccc12. The topological polar surface area (TPSA) is 34.1 Å². The first kappa shape index (κ1) is 12.9. The number of fused-ring (bicyclic) bond motifs is 1. The molecule has 0 atom stereocenters. The van der Waals surface area contributed by atoms with E-state index in [9.17, 15) is 8.42 Å². The molecule has 3 aromatic rings. The van der Waals surface area contributed by atoms with Gasteiger partial charge in [0.2, 0.25) is 9.84 Å². The van der Waals surface area contributed by atoms with Gasteiger partial charge in [-0.15, -0.1) is 0 Å². The van der Waals surface area contributed by atoms with Crippen molar-refractivity contribution < 1.29 is 8.42 Å². The van der Waals surface area contributed by atoms with E-state index in [0.717, 1.165) is 16.3 Å². The van der Waals surface area contributed by atoms with Crippen molar-refractivity contribution in [2.75, 3.05) is 0 Å². The molecule has 0 amide bonds. The van der Waals surface area contributed by atoms with Crippen molar-refractivity contribution in [1.82, 2.24) is 0 Å². The number of aryl methyl sites for hydroxylation is 1. The number of rotatable bonds is 2. The molecule has 0 heterocycles. The lowest BCUT2D eigenvalue weighted by Gasteiger charge is -2.10. The Kier molecular flexibility index (Phi) is 3.07. The van der Waals surface area contributed by atoms with Gasteiger partial charge in [0.15, 0.2) is 0 Å². The van der Waals surface area contributed by atoms with Crippen LogP contribution < -0.4 is 0 Å². The van der Waals surface area contributed by atoms with Gasteiger partial charge in [-0.3, -0.25) is 0 Å². The Bertz CT molecular complexity index is 866. The van der Waals surface area contributed by atoms with E-state index in [-0.39, 0.29) is 0 Å². The highest BCUT2D eigenvalue weighted by Gasteiger charge is 2.20. The third-order valence-electron chi connectivity index (χ3n) is 3.49. The van der Waals surface area contributed by atoms with Gasteiger partial charge < -0.3 is 0 Å². The van der Waals surface area contributed by atoms with Crippen molar-refractivity contribution in [2.24, 2.45) is 0 Å². The summed E-state index contributed by atoms with van der Waals surface area (Å²) in [4.78, 5) is 0.709. The van der Waals surface area contributed by atoms with Gasteiger partial charge in [-0.1, -0.05) is 48.5 Å². The van der Waals surface area contributed by atoms with Crippen molar-refractivity contribution in [1.29, 1.82) is 0 Å². The molecular weight excluding hydrogens is 268 g/mol. The second-order valence-corrected chi connectivity index (χ2v) is 6.64. The van der Waals surface area contributed by atoms with E-state index in [4.69, 9.17) is 0 Å². The Morgan fingerprint density at radius 3 is 2.15 bits per heavy atom. The zero-order chi connectivity index (χ0) is 14.2. The lowest BCUT2D eigenvalue weighted by Crippen LogP contribution is -2.04. The second kappa shape index (κ2) is 4.76. The molecule has 0 aliphatic heterocycles. The van der Waals surface area contributed by atoms with Gasteiger partial charge in [0, 0.05) is 0 Å². The summed E-state index contributed by atoms with van der Waals surface area (Å²) in [6.45, 7) is 1.86. The van der Waals surface area contributed by atoms with Crippen molar-refractivity contribution in [2.45, 2.75) is 16.7 Å². The normalized spacial score (nSPS) is 11.7. The minimum absolute atomic E-state index is 0.332. The highest BCUT2D eigenvalue weighted by molar-refractivity contribution is 7.91. The van der Waals surface area contributed by atoms with Crippen molar-refractivity contribution in [3.63, 3.8) is 0 Å². The molecule has 3 heteroatoms. The molecule has 100 valence electrons. The molecule has 0 saturated heterocycles. The van der Waals surface area contributed by atoms with E-state index in [1.54, 1.807) is 30.3 Å². The summed E-state index contributed by atoms with van der Waals surface area (Å²) < 4.78 is 25.4. The van der Waals surface area contributed by atoms with Gasteiger partial charge >= 0.3 is 0 Å². The Hall–Kier alpha value is -2.13. The van der Waals surface area contributed by atoms with Gasteiger partial charge in [0.25, 0.3) is 0 Å². The summed E-state index contributed by atoms with van der Waals surface area (Å²) >= 11 is 0. The molecule has 0 fully saturated rings. The minimum atomic E-state index is -3.46. The third kappa shape index (κ3) is 2.00. The molecule has 0 N–H and O–H groups in total. The van der Waals surface area contributed by atoms with E-state index >= 15 is 0 Å². The van der Waals surface area contributed by atoms with Gasteiger partial charge in [-0.25, -0.2) is 8.42 Å². The first-order chi connectivity index (χ1) is 9.60. The van der Waals surface area contributed by atoms with Crippen LogP contribution in [0.2, 0.25) is 0 Å². The largest absolute Gasteiger partial charge is 0.219 e. The minimum Gasteiger partial charge on any atom is -0.219 e. The highest BCUT2D eigenvalue weighted by Crippen LogP contribution is 2.29. The van der Waals surface area contributed by atoms with Crippen molar-refractivity contribution >= 4 is 20.6 Å². The third-order valence-corrected chi connectivity index (χ3v) is 5.41. The first-order valence-corrected chi connectivity index (χ1v) is 7.87. The molecule has 2 nitrogen and oxygen atoms in total. The highest BCUT2D eigenvalue weighted by atomic mass is 32.2. The fraction of sp³-hybridized carbons (Fsp3) is 0.0588. The maximum absolute atomic E-state index is 12.7. The molecule has 0 saturated carbocycles. The van der Waals surface area contributed by atoms with Crippen LogP contribution in [0.3, 0.4) is 0 Å². The van der Waals surface area contributed by atoms with E-state index < -0.39 is 9.84 Å². The number of benzene rings is 3. The van der Waals surface area contributed by atoms with Gasteiger partial charge in [-0.2, -0.15) is 0 Å². The Balaban J connectivity index is 2.28. The van der Waals surface area contributed by atoms with Crippen LogP contribution in [-0.2, 0) is 9.84 Å². The molecule has 0 unspecified atom stereocenters. The van der Waals surface area contributed by atoms with E-state index in [1.165, 1.54) is 0 Å². The summed E-state index contributed by atoms with van der Waals surface area (Å²) in [5.74, 6) is 0. The second-order valence-electron chi connectivity index (χ2n) is 4.73. The molecule has 0 radical (unpaired) electrons. The lowest BCUT2D eigenvalue weighted by molar-refractivity contribution is 0.595. The fourth-order valence-electron chi connectivity index (χ4n) is 2.42. The summed E-state index contributed by atoms with van der Waals surface area (Å²) in [5, 5.41) is 2.03. The average Bonchev–Trinajstić information content (AvgIpc) is 2.48. The zero-order valence-electron chi connectivity index (χ0n) is 11.1. The van der Waals surface area contributed by atoms with Gasteiger partial charge in [0.1, 0.15) is 0 Å². The van der Waals surface area contributed by atoms with Crippen LogP contribution in [0, 0.1) is 6.92 Å². The fourth-order valence-corrected chi connectivity index (χ4v) is 3.95. The van der Waals surface area contributed by atoms with Crippen LogP contribution in [0.5, 0.6) is 0 Å². The Morgan fingerprint density at radius 2 is 1.40 bits per heavy atom. The summed E-state index contributed by atoms with van der Waals surface area (Å²) in [5.41, 5.74) is 0.798. The molecule has 0 spiro atoms. The van der Waals surface area contributed by atoms with Crippen LogP contribution >= 0.6 is 0 Å². The standard InChI is InChI=1S/C17H14O2S/c1-13-16-10-6-5-7-14(16)11-12-17(13)20(18,19)15-8-3-2-4-9-15/h2-12H,1H3. The average molecular weight is 282 g/mol. The van der Waals surface area contributed by atoms with Crippen LogP contribution in [0.1, 0.15) is 5.56 Å². The smallest absolute Gasteiger partial charge is 0.206 e. The van der Waals surface area contributed by atoms with Crippen molar-refractivity contribution in [3.05, 3.63) is 72.3 Å². The monoisotopic (exact) mass is 282 g/mol. The number of sulfone groups is 1. The van der Waals surface area contributed by atoms with E-state index in [2.05, 4.69) is 0 Å². The summed E-state index contributed by atoms with van der Waals surface area (Å²) in [6.07, 6.45) is 0. The molecule has 20 heavy (non-hydrogen) atoms. The first-order valence-electron chi connectivity index (χ1n) is 6.39. The summed E-state index contributed by atoms with van der Waals surface area (Å²) in [7, 11) is -3.46. The quantitative estimate of drug-likeness (QED) is 0.712. The number of hydrogen-bond acceptors (Lipinski definition) is 2. The van der Waals surface area contributed by atoms with E-state index in [0.29, 0.717) is 9.79 Å². The molecule has 0 aliphatic rings. The maximum atomic E-state index is 12.7. The summed E-state index contributed by atoms with van der Waals surface area (Å²) in [6, 6.07) is 19.9.